The molecule has 19 heavy (non-hydrogen) atoms. The maximum atomic E-state index is 5.75. The number of pyridine rings is 1. The average Bonchev–Trinajstić information content (AvgIpc) is 2.43. The number of rotatable bonds is 5. The molecule has 2 heterocycles. The lowest BCUT2D eigenvalue weighted by Crippen LogP contribution is -2.12. The van der Waals surface area contributed by atoms with E-state index in [-0.39, 0.29) is 0 Å². The van der Waals surface area contributed by atoms with Gasteiger partial charge in [0.25, 0.3) is 0 Å². The SMILES string of the molecule is CCCc1c(NN)ncnc1Oc1ccc(C)nc1. The fourth-order valence-corrected chi connectivity index (χ4v) is 1.71. The number of nitrogens with two attached hydrogens (primary N) is 1. The van der Waals surface area contributed by atoms with Crippen LogP contribution in [0.4, 0.5) is 5.82 Å². The molecule has 0 aromatic carbocycles. The molecule has 100 valence electrons. The van der Waals surface area contributed by atoms with Crippen molar-refractivity contribution in [2.24, 2.45) is 5.84 Å². The number of ether oxygens (including phenoxy) is 1. The van der Waals surface area contributed by atoms with Crippen LogP contribution < -0.4 is 16.0 Å². The molecule has 0 radical (unpaired) electrons. The maximum absolute atomic E-state index is 5.75. The quantitative estimate of drug-likeness (QED) is 0.632. The molecule has 2 rings (SSSR count). The Morgan fingerprint density at radius 2 is 2.11 bits per heavy atom. The van der Waals surface area contributed by atoms with Crippen molar-refractivity contribution in [2.45, 2.75) is 26.7 Å². The molecule has 0 spiro atoms. The Kier molecular flexibility index (Phi) is 4.25. The first-order valence-electron chi connectivity index (χ1n) is 6.15. The summed E-state index contributed by atoms with van der Waals surface area (Å²) < 4.78 is 5.75. The zero-order chi connectivity index (χ0) is 13.7. The van der Waals surface area contributed by atoms with Crippen molar-refractivity contribution in [3.63, 3.8) is 0 Å². The molecule has 0 aliphatic rings. The Hall–Kier alpha value is -2.21. The van der Waals surface area contributed by atoms with E-state index in [2.05, 4.69) is 27.3 Å². The van der Waals surface area contributed by atoms with Crippen molar-refractivity contribution in [2.75, 3.05) is 5.43 Å². The highest BCUT2D eigenvalue weighted by Gasteiger charge is 2.12. The second-order valence-electron chi connectivity index (χ2n) is 4.14. The molecule has 0 saturated heterocycles. The Labute approximate surface area is 112 Å². The van der Waals surface area contributed by atoms with Crippen LogP contribution in [-0.4, -0.2) is 15.0 Å². The van der Waals surface area contributed by atoms with E-state index in [0.29, 0.717) is 17.4 Å². The third-order valence-corrected chi connectivity index (χ3v) is 2.64. The molecule has 0 atom stereocenters. The fraction of sp³-hybridized carbons (Fsp3) is 0.308. The molecule has 2 aromatic rings. The van der Waals surface area contributed by atoms with E-state index < -0.39 is 0 Å². The summed E-state index contributed by atoms with van der Waals surface area (Å²) in [4.78, 5) is 12.4. The lowest BCUT2D eigenvalue weighted by molar-refractivity contribution is 0.452. The highest BCUT2D eigenvalue weighted by atomic mass is 16.5. The van der Waals surface area contributed by atoms with Crippen LogP contribution in [-0.2, 0) is 6.42 Å². The average molecular weight is 259 g/mol. The third kappa shape index (κ3) is 3.17. The third-order valence-electron chi connectivity index (χ3n) is 2.64. The van der Waals surface area contributed by atoms with Gasteiger partial charge >= 0.3 is 0 Å². The van der Waals surface area contributed by atoms with Crippen LogP contribution in [0.25, 0.3) is 0 Å². The highest BCUT2D eigenvalue weighted by Crippen LogP contribution is 2.27. The zero-order valence-corrected chi connectivity index (χ0v) is 11.1. The molecule has 3 N–H and O–H groups in total. The minimum absolute atomic E-state index is 0.510. The molecule has 0 aliphatic heterocycles. The minimum Gasteiger partial charge on any atom is -0.437 e. The van der Waals surface area contributed by atoms with Crippen molar-refractivity contribution in [1.82, 2.24) is 15.0 Å². The molecule has 0 unspecified atom stereocenters. The van der Waals surface area contributed by atoms with Crippen molar-refractivity contribution in [3.8, 4) is 11.6 Å². The highest BCUT2D eigenvalue weighted by molar-refractivity contribution is 5.48. The first-order valence-corrected chi connectivity index (χ1v) is 6.15. The summed E-state index contributed by atoms with van der Waals surface area (Å²) in [5, 5.41) is 0. The predicted octanol–water partition coefficient (Wildman–Crippen LogP) is 2.21. The zero-order valence-electron chi connectivity index (χ0n) is 11.1. The van der Waals surface area contributed by atoms with Crippen LogP contribution in [0, 0.1) is 6.92 Å². The number of aromatic nitrogens is 3. The van der Waals surface area contributed by atoms with Gasteiger partial charge in [-0.05, 0) is 25.5 Å². The molecular weight excluding hydrogens is 242 g/mol. The van der Waals surface area contributed by atoms with Gasteiger partial charge in [-0.3, -0.25) is 4.98 Å². The monoisotopic (exact) mass is 259 g/mol. The van der Waals surface area contributed by atoms with Crippen LogP contribution in [0.15, 0.2) is 24.7 Å². The first kappa shape index (κ1) is 13.2. The topological polar surface area (TPSA) is 86.0 Å². The number of hydrazine groups is 1. The number of nitrogens with one attached hydrogen (secondary N) is 1. The smallest absolute Gasteiger partial charge is 0.227 e. The van der Waals surface area contributed by atoms with E-state index in [1.165, 1.54) is 6.33 Å². The van der Waals surface area contributed by atoms with Crippen LogP contribution in [0.2, 0.25) is 0 Å². The van der Waals surface area contributed by atoms with E-state index in [0.717, 1.165) is 24.1 Å². The van der Waals surface area contributed by atoms with Gasteiger partial charge in [-0.2, -0.15) is 0 Å². The van der Waals surface area contributed by atoms with Gasteiger partial charge in [-0.15, -0.1) is 0 Å². The molecule has 0 aliphatic carbocycles. The molecule has 0 bridgehead atoms. The number of hydrogen-bond donors (Lipinski definition) is 2. The Bertz CT molecular complexity index is 541. The molecule has 0 saturated carbocycles. The van der Waals surface area contributed by atoms with E-state index in [1.807, 2.05) is 19.1 Å². The molecular formula is C13H17N5O. The number of hydrogen-bond acceptors (Lipinski definition) is 6. The summed E-state index contributed by atoms with van der Waals surface area (Å²) in [5.41, 5.74) is 4.38. The number of nitrogens with zero attached hydrogens (tertiary/aromatic N) is 3. The van der Waals surface area contributed by atoms with Gasteiger partial charge in [0.1, 0.15) is 17.9 Å². The predicted molar refractivity (Wildman–Crippen MR) is 72.9 cm³/mol. The van der Waals surface area contributed by atoms with Crippen LogP contribution >= 0.6 is 0 Å². The summed E-state index contributed by atoms with van der Waals surface area (Å²) in [5.74, 6) is 7.20. The van der Waals surface area contributed by atoms with Gasteiger partial charge in [-0.1, -0.05) is 13.3 Å². The molecule has 2 aromatic heterocycles. The van der Waals surface area contributed by atoms with Crippen LogP contribution in [0.3, 0.4) is 0 Å². The van der Waals surface area contributed by atoms with Crippen molar-refractivity contribution < 1.29 is 4.74 Å². The summed E-state index contributed by atoms with van der Waals surface area (Å²) in [7, 11) is 0. The second kappa shape index (κ2) is 6.10. The Balaban J connectivity index is 2.30. The molecule has 0 amide bonds. The Morgan fingerprint density at radius 3 is 2.74 bits per heavy atom. The van der Waals surface area contributed by atoms with Crippen LogP contribution in [0.1, 0.15) is 24.6 Å². The molecule has 6 nitrogen and oxygen atoms in total. The summed E-state index contributed by atoms with van der Waals surface area (Å²) in [6, 6.07) is 3.74. The normalized spacial score (nSPS) is 10.3. The van der Waals surface area contributed by atoms with E-state index in [9.17, 15) is 0 Å². The fourth-order valence-electron chi connectivity index (χ4n) is 1.71. The number of aryl methyl sites for hydroxylation is 1. The van der Waals surface area contributed by atoms with Gasteiger partial charge in [0.05, 0.1) is 11.8 Å². The van der Waals surface area contributed by atoms with Gasteiger partial charge in [0.2, 0.25) is 5.88 Å². The van der Waals surface area contributed by atoms with Crippen molar-refractivity contribution >= 4 is 5.82 Å². The summed E-state index contributed by atoms with van der Waals surface area (Å²) in [6.45, 7) is 4.00. The largest absolute Gasteiger partial charge is 0.437 e. The van der Waals surface area contributed by atoms with Crippen molar-refractivity contribution in [1.29, 1.82) is 0 Å². The number of nitrogen functional groups attached to an aromatic ring is 1. The van der Waals surface area contributed by atoms with E-state index in [1.54, 1.807) is 6.20 Å². The van der Waals surface area contributed by atoms with E-state index in [4.69, 9.17) is 10.6 Å². The summed E-state index contributed by atoms with van der Waals surface area (Å²) in [6.07, 6.45) is 4.83. The van der Waals surface area contributed by atoms with Crippen LogP contribution in [0.5, 0.6) is 11.6 Å². The van der Waals surface area contributed by atoms with Gasteiger partial charge in [0, 0.05) is 5.69 Å². The lowest BCUT2D eigenvalue weighted by atomic mass is 10.2. The maximum Gasteiger partial charge on any atom is 0.227 e. The van der Waals surface area contributed by atoms with E-state index >= 15 is 0 Å². The molecule has 0 fully saturated rings. The summed E-state index contributed by atoms with van der Waals surface area (Å²) >= 11 is 0. The van der Waals surface area contributed by atoms with Gasteiger partial charge < -0.3 is 10.2 Å². The van der Waals surface area contributed by atoms with Gasteiger partial charge in [-0.25, -0.2) is 15.8 Å². The van der Waals surface area contributed by atoms with Crippen molar-refractivity contribution in [3.05, 3.63) is 35.9 Å². The standard InChI is InChI=1S/C13H17N5O/c1-3-4-11-12(18-14)16-8-17-13(11)19-10-6-5-9(2)15-7-10/h5-8H,3-4,14H2,1-2H3,(H,16,17,18). The van der Waals surface area contributed by atoms with Gasteiger partial charge in [0.15, 0.2) is 0 Å². The molecule has 6 heteroatoms. The minimum atomic E-state index is 0.510. The second-order valence-corrected chi connectivity index (χ2v) is 4.14. The Morgan fingerprint density at radius 1 is 1.26 bits per heavy atom. The lowest BCUT2D eigenvalue weighted by Gasteiger charge is -2.12. The first-order chi connectivity index (χ1) is 9.24. The number of anilines is 1.